The summed E-state index contributed by atoms with van der Waals surface area (Å²) in [5, 5.41) is 2.77. The summed E-state index contributed by atoms with van der Waals surface area (Å²) in [5.74, 6) is -1.08. The van der Waals surface area contributed by atoms with Crippen molar-refractivity contribution in [2.75, 3.05) is 11.9 Å². The number of ketones is 1. The Morgan fingerprint density at radius 2 is 1.62 bits per heavy atom. The molecule has 3 aromatic rings. The molecule has 1 N–H and O–H groups in total. The molecular weight excluding hydrogens is 404 g/mol. The van der Waals surface area contributed by atoms with Crippen molar-refractivity contribution in [2.45, 2.75) is 34.6 Å². The van der Waals surface area contributed by atoms with Gasteiger partial charge in [0, 0.05) is 34.2 Å². The number of carbonyl (C=O) groups is 3. The van der Waals surface area contributed by atoms with Gasteiger partial charge in [-0.05, 0) is 62.7 Å². The molecule has 0 unspecified atom stereocenters. The lowest BCUT2D eigenvalue weighted by atomic mass is 10.1. The van der Waals surface area contributed by atoms with E-state index in [1.807, 2.05) is 49.6 Å². The molecule has 1 aromatic heterocycles. The summed E-state index contributed by atoms with van der Waals surface area (Å²) in [6.07, 6.45) is 0. The van der Waals surface area contributed by atoms with Crippen molar-refractivity contribution in [2.24, 2.45) is 5.92 Å². The van der Waals surface area contributed by atoms with Crippen LogP contribution in [0.1, 0.15) is 51.5 Å². The molecule has 32 heavy (non-hydrogen) atoms. The highest BCUT2D eigenvalue weighted by Gasteiger charge is 2.20. The van der Waals surface area contributed by atoms with Crippen LogP contribution >= 0.6 is 0 Å². The predicted molar refractivity (Wildman–Crippen MR) is 125 cm³/mol. The van der Waals surface area contributed by atoms with Crippen molar-refractivity contribution in [1.82, 2.24) is 4.57 Å². The number of hydrogen-bond acceptors (Lipinski definition) is 4. The zero-order chi connectivity index (χ0) is 23.4. The fraction of sp³-hybridized carbons (Fsp3) is 0.269. The van der Waals surface area contributed by atoms with E-state index in [0.29, 0.717) is 16.8 Å². The number of aryl methyl sites for hydroxylation is 2. The number of amides is 1. The molecule has 1 heterocycles. The topological polar surface area (TPSA) is 77.4 Å². The first-order valence-electron chi connectivity index (χ1n) is 10.5. The van der Waals surface area contributed by atoms with E-state index in [1.54, 1.807) is 44.2 Å². The molecule has 0 saturated carbocycles. The Balaban J connectivity index is 1.67. The molecule has 6 nitrogen and oxygen atoms in total. The first-order chi connectivity index (χ1) is 15.2. The van der Waals surface area contributed by atoms with Crippen LogP contribution in [0.25, 0.3) is 5.69 Å². The van der Waals surface area contributed by atoms with Crippen molar-refractivity contribution < 1.29 is 19.1 Å². The number of nitrogens with zero attached hydrogens (tertiary/aromatic N) is 1. The zero-order valence-corrected chi connectivity index (χ0v) is 19.1. The number of rotatable bonds is 7. The quantitative estimate of drug-likeness (QED) is 0.419. The highest BCUT2D eigenvalue weighted by atomic mass is 16.5. The van der Waals surface area contributed by atoms with E-state index in [2.05, 4.69) is 5.32 Å². The minimum atomic E-state index is -0.535. The highest BCUT2D eigenvalue weighted by molar-refractivity contribution is 6.00. The van der Waals surface area contributed by atoms with E-state index < -0.39 is 5.97 Å². The van der Waals surface area contributed by atoms with E-state index in [-0.39, 0.29) is 24.2 Å². The number of para-hydroxylation sites is 1. The predicted octanol–water partition coefficient (Wildman–Crippen LogP) is 5.04. The van der Waals surface area contributed by atoms with Crippen molar-refractivity contribution in [3.63, 3.8) is 0 Å². The van der Waals surface area contributed by atoms with Gasteiger partial charge < -0.3 is 14.6 Å². The molecule has 0 aliphatic rings. The molecule has 0 aliphatic carbocycles. The third-order valence-electron chi connectivity index (χ3n) is 5.34. The Morgan fingerprint density at radius 3 is 2.25 bits per heavy atom. The minimum Gasteiger partial charge on any atom is -0.454 e. The Hall–Kier alpha value is -3.67. The number of aromatic nitrogens is 1. The largest absolute Gasteiger partial charge is 0.454 e. The third kappa shape index (κ3) is 4.97. The molecule has 3 rings (SSSR count). The first-order valence-corrected chi connectivity index (χ1v) is 10.5. The lowest BCUT2D eigenvalue weighted by Crippen LogP contribution is -2.18. The maximum Gasteiger partial charge on any atom is 0.340 e. The summed E-state index contributed by atoms with van der Waals surface area (Å²) < 4.78 is 7.33. The van der Waals surface area contributed by atoms with Gasteiger partial charge >= 0.3 is 5.97 Å². The molecule has 166 valence electrons. The Labute approximate surface area is 188 Å². The van der Waals surface area contributed by atoms with Gasteiger partial charge in [-0.2, -0.15) is 0 Å². The first kappa shape index (κ1) is 23.0. The average Bonchev–Trinajstić information content (AvgIpc) is 3.06. The second-order valence-electron chi connectivity index (χ2n) is 8.13. The number of esters is 1. The smallest absolute Gasteiger partial charge is 0.340 e. The number of Topliss-reactive ketones (excluding diaryl/α,β-unsaturated/α-hetero) is 1. The molecule has 0 radical (unpaired) electrons. The van der Waals surface area contributed by atoms with E-state index in [0.717, 1.165) is 22.6 Å². The number of nitrogens with one attached hydrogen (secondary N) is 1. The van der Waals surface area contributed by atoms with Gasteiger partial charge in [0.05, 0.1) is 5.56 Å². The maximum absolute atomic E-state index is 12.7. The summed E-state index contributed by atoms with van der Waals surface area (Å²) in [6.45, 7) is 9.07. The SMILES string of the molecule is Cc1ccccc1-n1c(C)cc(C(=O)OCC(=O)c2ccc(NC(=O)C(C)C)cc2)c1C. The van der Waals surface area contributed by atoms with E-state index in [1.165, 1.54) is 0 Å². The van der Waals surface area contributed by atoms with Gasteiger partial charge in [0.25, 0.3) is 0 Å². The van der Waals surface area contributed by atoms with Crippen LogP contribution in [0.4, 0.5) is 5.69 Å². The van der Waals surface area contributed by atoms with Gasteiger partial charge in [0.15, 0.2) is 12.4 Å². The second kappa shape index (κ2) is 9.64. The van der Waals surface area contributed by atoms with Gasteiger partial charge in [0.2, 0.25) is 5.91 Å². The van der Waals surface area contributed by atoms with Crippen molar-refractivity contribution in [3.05, 3.63) is 82.7 Å². The fourth-order valence-electron chi connectivity index (χ4n) is 3.47. The average molecular weight is 433 g/mol. The van der Waals surface area contributed by atoms with Crippen molar-refractivity contribution in [3.8, 4) is 5.69 Å². The monoisotopic (exact) mass is 432 g/mol. The van der Waals surface area contributed by atoms with Gasteiger partial charge in [0.1, 0.15) is 0 Å². The van der Waals surface area contributed by atoms with E-state index in [4.69, 9.17) is 4.74 Å². The molecule has 2 aromatic carbocycles. The van der Waals surface area contributed by atoms with Crippen LogP contribution in [0.5, 0.6) is 0 Å². The molecule has 0 spiro atoms. The van der Waals surface area contributed by atoms with Crippen LogP contribution in [-0.4, -0.2) is 28.8 Å². The van der Waals surface area contributed by atoms with Gasteiger partial charge in [-0.15, -0.1) is 0 Å². The number of carbonyl (C=O) groups excluding carboxylic acids is 3. The number of benzene rings is 2. The zero-order valence-electron chi connectivity index (χ0n) is 19.1. The Morgan fingerprint density at radius 1 is 0.969 bits per heavy atom. The summed E-state index contributed by atoms with van der Waals surface area (Å²) in [4.78, 5) is 36.9. The van der Waals surface area contributed by atoms with Crippen LogP contribution < -0.4 is 5.32 Å². The Bertz CT molecular complexity index is 1160. The van der Waals surface area contributed by atoms with Gasteiger partial charge in [-0.3, -0.25) is 9.59 Å². The van der Waals surface area contributed by atoms with Crippen LogP contribution in [0, 0.1) is 26.7 Å². The fourth-order valence-corrected chi connectivity index (χ4v) is 3.47. The molecule has 0 bridgehead atoms. The number of anilines is 1. The highest BCUT2D eigenvalue weighted by Crippen LogP contribution is 2.24. The maximum atomic E-state index is 12.7. The molecule has 0 atom stereocenters. The summed E-state index contributed by atoms with van der Waals surface area (Å²) in [6, 6.07) is 16.3. The van der Waals surface area contributed by atoms with Crippen LogP contribution in [0.2, 0.25) is 0 Å². The van der Waals surface area contributed by atoms with E-state index in [9.17, 15) is 14.4 Å². The molecule has 1 amide bonds. The normalized spacial score (nSPS) is 10.8. The minimum absolute atomic E-state index is 0.0960. The number of hydrogen-bond donors (Lipinski definition) is 1. The lowest BCUT2D eigenvalue weighted by molar-refractivity contribution is -0.118. The second-order valence-corrected chi connectivity index (χ2v) is 8.13. The van der Waals surface area contributed by atoms with Gasteiger partial charge in [-0.25, -0.2) is 4.79 Å². The van der Waals surface area contributed by atoms with Crippen LogP contribution in [-0.2, 0) is 9.53 Å². The summed E-state index contributed by atoms with van der Waals surface area (Å²) in [7, 11) is 0. The standard InChI is InChI=1S/C26H28N2O4/c1-16(2)25(30)27-21-12-10-20(11-13-21)24(29)15-32-26(31)22-14-18(4)28(19(22)5)23-9-7-6-8-17(23)3/h6-14,16H,15H2,1-5H3,(H,27,30). The molecular formula is C26H28N2O4. The lowest BCUT2D eigenvalue weighted by Gasteiger charge is -2.12. The molecule has 0 aliphatic heterocycles. The molecule has 6 heteroatoms. The summed E-state index contributed by atoms with van der Waals surface area (Å²) in [5.41, 5.74) is 5.23. The Kier molecular flexibility index (Phi) is 6.93. The molecule has 0 fully saturated rings. The molecule has 0 saturated heterocycles. The van der Waals surface area contributed by atoms with E-state index >= 15 is 0 Å². The third-order valence-corrected chi connectivity index (χ3v) is 5.34. The number of ether oxygens (including phenoxy) is 1. The van der Waals surface area contributed by atoms with Crippen molar-refractivity contribution in [1.29, 1.82) is 0 Å². The van der Waals surface area contributed by atoms with Crippen molar-refractivity contribution >= 4 is 23.3 Å². The van der Waals surface area contributed by atoms with Crippen LogP contribution in [0.3, 0.4) is 0 Å². The van der Waals surface area contributed by atoms with Crippen LogP contribution in [0.15, 0.2) is 54.6 Å². The summed E-state index contributed by atoms with van der Waals surface area (Å²) >= 11 is 0. The van der Waals surface area contributed by atoms with Gasteiger partial charge in [-0.1, -0.05) is 32.0 Å².